The van der Waals surface area contributed by atoms with Crippen molar-refractivity contribution in [1.29, 1.82) is 0 Å². The van der Waals surface area contributed by atoms with E-state index in [2.05, 4.69) is 64.0 Å². The van der Waals surface area contributed by atoms with Crippen molar-refractivity contribution in [1.82, 2.24) is 15.1 Å². The van der Waals surface area contributed by atoms with E-state index in [4.69, 9.17) is 0 Å². The summed E-state index contributed by atoms with van der Waals surface area (Å²) in [5, 5.41) is 3.62. The summed E-state index contributed by atoms with van der Waals surface area (Å²) >= 11 is 0. The molecule has 1 N–H and O–H groups in total. The fourth-order valence-electron chi connectivity index (χ4n) is 2.21. The molecule has 1 unspecified atom stereocenters. The summed E-state index contributed by atoms with van der Waals surface area (Å²) in [5.41, 5.74) is 0.348. The van der Waals surface area contributed by atoms with Crippen LogP contribution in [0.4, 0.5) is 0 Å². The lowest BCUT2D eigenvalue weighted by atomic mass is 9.84. The van der Waals surface area contributed by atoms with Gasteiger partial charge in [-0.25, -0.2) is 0 Å². The molecule has 0 rings (SSSR count). The van der Waals surface area contributed by atoms with E-state index >= 15 is 0 Å². The van der Waals surface area contributed by atoms with Crippen molar-refractivity contribution in [2.45, 2.75) is 46.6 Å². The second-order valence-electron chi connectivity index (χ2n) is 6.73. The highest BCUT2D eigenvalue weighted by atomic mass is 15.1. The first kappa shape index (κ1) is 17.9. The maximum atomic E-state index is 3.62. The molecule has 0 aliphatic carbocycles. The smallest absolute Gasteiger partial charge is 0.0128 e. The van der Waals surface area contributed by atoms with Crippen molar-refractivity contribution in [3.8, 4) is 0 Å². The van der Waals surface area contributed by atoms with E-state index in [1.807, 2.05) is 0 Å². The summed E-state index contributed by atoms with van der Waals surface area (Å²) in [6.45, 7) is 13.8. The van der Waals surface area contributed by atoms with E-state index in [0.29, 0.717) is 11.5 Å². The highest BCUT2D eigenvalue weighted by molar-refractivity contribution is 4.80. The van der Waals surface area contributed by atoms with Gasteiger partial charge in [0.1, 0.15) is 0 Å². The standard InChI is InChI=1S/C15H35N3/c1-8-16-14(15(2,3)4)10-13-18(7)12-9-11-17(5)6/h14,16H,8-13H2,1-7H3. The Kier molecular flexibility index (Phi) is 8.83. The number of rotatable bonds is 9. The number of nitrogens with zero attached hydrogens (tertiary/aromatic N) is 2. The molecule has 0 aliphatic rings. The van der Waals surface area contributed by atoms with Crippen molar-refractivity contribution >= 4 is 0 Å². The Morgan fingerprint density at radius 3 is 2.06 bits per heavy atom. The normalized spacial score (nSPS) is 14.5. The maximum absolute atomic E-state index is 3.62. The molecule has 0 aromatic carbocycles. The molecule has 18 heavy (non-hydrogen) atoms. The zero-order chi connectivity index (χ0) is 14.2. The average Bonchev–Trinajstić information content (AvgIpc) is 2.21. The molecule has 3 heteroatoms. The largest absolute Gasteiger partial charge is 0.314 e. The van der Waals surface area contributed by atoms with Gasteiger partial charge in [-0.2, -0.15) is 0 Å². The van der Waals surface area contributed by atoms with Gasteiger partial charge in [-0.3, -0.25) is 0 Å². The lowest BCUT2D eigenvalue weighted by Crippen LogP contribution is -2.42. The summed E-state index contributed by atoms with van der Waals surface area (Å²) in [4.78, 5) is 4.71. The zero-order valence-corrected chi connectivity index (χ0v) is 13.7. The van der Waals surface area contributed by atoms with Crippen LogP contribution in [0.5, 0.6) is 0 Å². The van der Waals surface area contributed by atoms with Gasteiger partial charge in [0, 0.05) is 6.04 Å². The van der Waals surface area contributed by atoms with Crippen molar-refractivity contribution in [2.75, 3.05) is 47.3 Å². The molecular formula is C15H35N3. The Morgan fingerprint density at radius 2 is 1.61 bits per heavy atom. The summed E-state index contributed by atoms with van der Waals surface area (Å²) in [7, 11) is 6.52. The number of nitrogens with one attached hydrogen (secondary N) is 1. The molecule has 0 heterocycles. The first-order valence-corrected chi connectivity index (χ1v) is 7.34. The second-order valence-corrected chi connectivity index (χ2v) is 6.73. The molecule has 0 saturated heterocycles. The molecule has 0 aliphatic heterocycles. The minimum Gasteiger partial charge on any atom is -0.314 e. The van der Waals surface area contributed by atoms with E-state index in [9.17, 15) is 0 Å². The highest BCUT2D eigenvalue weighted by Crippen LogP contribution is 2.21. The van der Waals surface area contributed by atoms with Crippen molar-refractivity contribution < 1.29 is 0 Å². The fraction of sp³-hybridized carbons (Fsp3) is 1.00. The molecule has 3 nitrogen and oxygen atoms in total. The van der Waals surface area contributed by atoms with Crippen LogP contribution in [0.3, 0.4) is 0 Å². The van der Waals surface area contributed by atoms with Gasteiger partial charge in [0.25, 0.3) is 0 Å². The molecule has 0 aromatic rings. The first-order chi connectivity index (χ1) is 8.27. The Labute approximate surface area is 115 Å². The molecule has 0 amide bonds. The minimum atomic E-state index is 0.348. The van der Waals surface area contributed by atoms with Crippen LogP contribution in [0.15, 0.2) is 0 Å². The predicted molar refractivity (Wildman–Crippen MR) is 82.2 cm³/mol. The number of hydrogen-bond acceptors (Lipinski definition) is 3. The summed E-state index contributed by atoms with van der Waals surface area (Å²) in [6, 6.07) is 0.610. The van der Waals surface area contributed by atoms with Crippen molar-refractivity contribution in [3.05, 3.63) is 0 Å². The van der Waals surface area contributed by atoms with E-state index in [1.54, 1.807) is 0 Å². The third-order valence-corrected chi connectivity index (χ3v) is 3.44. The van der Waals surface area contributed by atoms with Crippen molar-refractivity contribution in [2.24, 2.45) is 5.41 Å². The Hall–Kier alpha value is -0.120. The Balaban J connectivity index is 3.89. The third-order valence-electron chi connectivity index (χ3n) is 3.44. The van der Waals surface area contributed by atoms with E-state index in [0.717, 1.165) is 6.54 Å². The van der Waals surface area contributed by atoms with Crippen LogP contribution in [0, 0.1) is 5.41 Å². The van der Waals surface area contributed by atoms with Gasteiger partial charge in [0.15, 0.2) is 0 Å². The molecule has 0 aromatic heterocycles. The molecule has 0 radical (unpaired) electrons. The predicted octanol–water partition coefficient (Wildman–Crippen LogP) is 2.28. The Bertz CT molecular complexity index is 196. The quantitative estimate of drug-likeness (QED) is 0.684. The SMILES string of the molecule is CCNC(CCN(C)CCCN(C)C)C(C)(C)C. The lowest BCUT2D eigenvalue weighted by Gasteiger charge is -2.33. The zero-order valence-electron chi connectivity index (χ0n) is 13.7. The minimum absolute atomic E-state index is 0.348. The fourth-order valence-corrected chi connectivity index (χ4v) is 2.21. The molecule has 1 atom stereocenters. The maximum Gasteiger partial charge on any atom is 0.0128 e. The van der Waals surface area contributed by atoms with E-state index in [-0.39, 0.29) is 0 Å². The second kappa shape index (κ2) is 8.89. The number of hydrogen-bond donors (Lipinski definition) is 1. The molecule has 0 spiro atoms. The van der Waals surface area contributed by atoms with Crippen LogP contribution in [0.25, 0.3) is 0 Å². The van der Waals surface area contributed by atoms with Gasteiger partial charge in [-0.1, -0.05) is 27.7 Å². The van der Waals surface area contributed by atoms with Crippen LogP contribution < -0.4 is 5.32 Å². The van der Waals surface area contributed by atoms with Crippen molar-refractivity contribution in [3.63, 3.8) is 0 Å². The molecule has 0 fully saturated rings. The van der Waals surface area contributed by atoms with Gasteiger partial charge in [0.2, 0.25) is 0 Å². The average molecular weight is 257 g/mol. The lowest BCUT2D eigenvalue weighted by molar-refractivity contribution is 0.219. The molecule has 0 saturated carbocycles. The van der Waals surface area contributed by atoms with Gasteiger partial charge >= 0.3 is 0 Å². The summed E-state index contributed by atoms with van der Waals surface area (Å²) in [5.74, 6) is 0. The molecular weight excluding hydrogens is 222 g/mol. The van der Waals surface area contributed by atoms with Gasteiger partial charge in [0.05, 0.1) is 0 Å². The first-order valence-electron chi connectivity index (χ1n) is 7.34. The van der Waals surface area contributed by atoms with Crippen LogP contribution in [-0.2, 0) is 0 Å². The monoisotopic (exact) mass is 257 g/mol. The van der Waals surface area contributed by atoms with Crippen LogP contribution in [0.2, 0.25) is 0 Å². The Morgan fingerprint density at radius 1 is 1.00 bits per heavy atom. The van der Waals surface area contributed by atoms with Crippen LogP contribution in [-0.4, -0.2) is 63.2 Å². The molecule has 0 bridgehead atoms. The van der Waals surface area contributed by atoms with Gasteiger partial charge in [-0.15, -0.1) is 0 Å². The third kappa shape index (κ3) is 8.90. The summed E-state index contributed by atoms with van der Waals surface area (Å²) < 4.78 is 0. The van der Waals surface area contributed by atoms with Crippen LogP contribution in [0.1, 0.15) is 40.5 Å². The van der Waals surface area contributed by atoms with Gasteiger partial charge in [-0.05, 0) is 65.6 Å². The molecule has 110 valence electrons. The van der Waals surface area contributed by atoms with E-state index in [1.165, 1.54) is 32.5 Å². The van der Waals surface area contributed by atoms with E-state index < -0.39 is 0 Å². The summed E-state index contributed by atoms with van der Waals surface area (Å²) in [6.07, 6.45) is 2.49. The highest BCUT2D eigenvalue weighted by Gasteiger charge is 2.23. The van der Waals surface area contributed by atoms with Gasteiger partial charge < -0.3 is 15.1 Å². The van der Waals surface area contributed by atoms with Crippen LogP contribution >= 0.6 is 0 Å². The topological polar surface area (TPSA) is 18.5 Å².